The van der Waals surface area contributed by atoms with Crippen LogP contribution in [0.15, 0.2) is 35.7 Å². The second-order valence-corrected chi connectivity index (χ2v) is 9.36. The highest BCUT2D eigenvalue weighted by atomic mass is 19.1. The Morgan fingerprint density at radius 1 is 1.32 bits per heavy atom. The Hall–Kier alpha value is -2.61. The molecule has 0 bridgehead atoms. The number of oxime groups is 1. The molecule has 0 atom stereocenters. The fourth-order valence-corrected chi connectivity index (χ4v) is 3.75. The summed E-state index contributed by atoms with van der Waals surface area (Å²) >= 11 is 0. The minimum absolute atomic E-state index is 0.00730. The van der Waals surface area contributed by atoms with Gasteiger partial charge in [0, 0.05) is 31.8 Å². The number of allylic oxidation sites excluding steroid dienone is 1. The number of hydrogen-bond donors (Lipinski definition) is 2. The maximum absolute atomic E-state index is 13.8. The number of nitrogens with zero attached hydrogens (tertiary/aromatic N) is 2. The Morgan fingerprint density at radius 2 is 2.03 bits per heavy atom. The summed E-state index contributed by atoms with van der Waals surface area (Å²) < 4.78 is 19.7. The Balaban J connectivity index is 1.68. The molecule has 0 aliphatic carbocycles. The van der Waals surface area contributed by atoms with Gasteiger partial charge in [-0.25, -0.2) is 4.39 Å². The van der Waals surface area contributed by atoms with Gasteiger partial charge in [-0.1, -0.05) is 11.7 Å². The third-order valence-corrected chi connectivity index (χ3v) is 6.11. The molecular weight excluding hydrogens is 437 g/mol. The molecule has 0 unspecified atom stereocenters. The van der Waals surface area contributed by atoms with Crippen molar-refractivity contribution in [2.45, 2.75) is 65.5 Å². The molecule has 1 aliphatic heterocycles. The molecule has 1 aliphatic rings. The van der Waals surface area contributed by atoms with Crippen LogP contribution in [0.4, 0.5) is 4.39 Å². The highest BCUT2D eigenvalue weighted by molar-refractivity contribution is 5.95. The lowest BCUT2D eigenvalue weighted by Crippen LogP contribution is -2.37. The van der Waals surface area contributed by atoms with Gasteiger partial charge in [-0.2, -0.15) is 0 Å². The molecule has 1 aromatic carbocycles. The summed E-state index contributed by atoms with van der Waals surface area (Å²) in [7, 11) is 0. The van der Waals surface area contributed by atoms with Crippen molar-refractivity contribution < 1.29 is 23.9 Å². The second-order valence-electron chi connectivity index (χ2n) is 9.36. The number of benzene rings is 1. The van der Waals surface area contributed by atoms with Gasteiger partial charge in [-0.15, -0.1) is 0 Å². The monoisotopic (exact) mass is 477 g/mol. The number of amidine groups is 1. The third-order valence-electron chi connectivity index (χ3n) is 6.11. The first-order valence-corrected chi connectivity index (χ1v) is 12.1. The molecule has 0 aromatic heterocycles. The molecule has 2 rings (SSSR count). The first-order valence-electron chi connectivity index (χ1n) is 12.1. The Labute approximate surface area is 203 Å². The van der Waals surface area contributed by atoms with Gasteiger partial charge in [-0.05, 0) is 89.5 Å². The van der Waals surface area contributed by atoms with E-state index in [1.54, 1.807) is 6.07 Å². The fourth-order valence-electron chi connectivity index (χ4n) is 3.75. The average Bonchev–Trinajstić information content (AvgIpc) is 2.80. The summed E-state index contributed by atoms with van der Waals surface area (Å²) in [6.45, 7) is 13.1. The molecule has 1 heterocycles. The van der Waals surface area contributed by atoms with E-state index in [-0.39, 0.29) is 18.3 Å². The topological polar surface area (TPSA) is 83.4 Å². The van der Waals surface area contributed by atoms with E-state index in [2.05, 4.69) is 22.0 Å². The van der Waals surface area contributed by atoms with E-state index in [0.717, 1.165) is 55.9 Å². The summed E-state index contributed by atoms with van der Waals surface area (Å²) in [5.41, 5.74) is -0.125. The van der Waals surface area contributed by atoms with Gasteiger partial charge in [0.25, 0.3) is 5.91 Å². The van der Waals surface area contributed by atoms with Crippen LogP contribution >= 0.6 is 0 Å². The molecule has 190 valence electrons. The van der Waals surface area contributed by atoms with E-state index in [0.29, 0.717) is 31.1 Å². The van der Waals surface area contributed by atoms with E-state index < -0.39 is 5.67 Å². The molecule has 34 heavy (non-hydrogen) atoms. The number of hydrogen-bond acceptors (Lipinski definition) is 5. The quantitative estimate of drug-likeness (QED) is 0.151. The Bertz CT molecular complexity index is 843. The van der Waals surface area contributed by atoms with Crippen LogP contribution in [-0.2, 0) is 4.84 Å². The van der Waals surface area contributed by atoms with E-state index in [1.165, 1.54) is 13.8 Å². The third kappa shape index (κ3) is 8.97. The molecule has 2 N–H and O–H groups in total. The highest BCUT2D eigenvalue weighted by Gasteiger charge is 2.24. The minimum Gasteiger partial charge on any atom is -0.494 e. The van der Waals surface area contributed by atoms with E-state index in [1.807, 2.05) is 26.0 Å². The van der Waals surface area contributed by atoms with Crippen molar-refractivity contribution in [3.05, 3.63) is 41.7 Å². The summed E-state index contributed by atoms with van der Waals surface area (Å²) in [6, 6.07) is 5.50. The molecule has 0 saturated carbocycles. The predicted molar refractivity (Wildman–Crippen MR) is 133 cm³/mol. The number of alkyl halides is 1. The summed E-state index contributed by atoms with van der Waals surface area (Å²) in [6.07, 6.45) is 4.75. The van der Waals surface area contributed by atoms with E-state index >= 15 is 0 Å². The first kappa shape index (κ1) is 27.6. The van der Waals surface area contributed by atoms with Gasteiger partial charge in [0.15, 0.2) is 11.4 Å². The number of carbonyl (C=O) groups is 1. The zero-order valence-electron chi connectivity index (χ0n) is 21.0. The van der Waals surface area contributed by atoms with Crippen LogP contribution < -0.4 is 10.1 Å². The number of rotatable bonds is 12. The van der Waals surface area contributed by atoms with E-state index in [4.69, 9.17) is 14.7 Å². The van der Waals surface area contributed by atoms with Crippen LogP contribution in [0.5, 0.6) is 5.75 Å². The lowest BCUT2D eigenvalue weighted by molar-refractivity contribution is 0.0950. The maximum atomic E-state index is 13.8. The van der Waals surface area contributed by atoms with Crippen LogP contribution in [0.25, 0.3) is 0 Å². The van der Waals surface area contributed by atoms with Crippen molar-refractivity contribution >= 4 is 11.7 Å². The number of amides is 1. The Morgan fingerprint density at radius 3 is 2.65 bits per heavy atom. The first-order chi connectivity index (χ1) is 16.1. The Kier molecular flexibility index (Phi) is 10.8. The van der Waals surface area contributed by atoms with Crippen LogP contribution in [0.3, 0.4) is 0 Å². The number of ether oxygens (including phenoxy) is 1. The van der Waals surface area contributed by atoms with Crippen molar-refractivity contribution in [3.8, 4) is 5.75 Å². The largest absolute Gasteiger partial charge is 0.494 e. The molecule has 1 aromatic rings. The number of aliphatic hydroxyl groups excluding tert-OH is 1. The molecule has 8 heteroatoms. The lowest BCUT2D eigenvalue weighted by atomic mass is 9.92. The molecule has 7 nitrogen and oxygen atoms in total. The number of aliphatic hydroxyl groups is 1. The normalized spacial score (nSPS) is 15.2. The van der Waals surface area contributed by atoms with Crippen molar-refractivity contribution in [2.75, 3.05) is 32.8 Å². The van der Waals surface area contributed by atoms with Gasteiger partial charge in [0.1, 0.15) is 11.6 Å². The van der Waals surface area contributed by atoms with Crippen molar-refractivity contribution in [1.29, 1.82) is 0 Å². The second kappa shape index (κ2) is 13.3. The summed E-state index contributed by atoms with van der Waals surface area (Å²) in [4.78, 5) is 19.5. The van der Waals surface area contributed by atoms with Gasteiger partial charge in [-0.3, -0.25) is 4.79 Å². The number of carbonyl (C=O) groups excluding carboxylic acids is 1. The zero-order chi connectivity index (χ0) is 25.1. The van der Waals surface area contributed by atoms with Crippen molar-refractivity contribution in [2.24, 2.45) is 11.1 Å². The molecule has 1 saturated heterocycles. The van der Waals surface area contributed by atoms with Crippen LogP contribution in [-0.4, -0.2) is 60.3 Å². The molecule has 1 fully saturated rings. The maximum Gasteiger partial charge on any atom is 0.251 e. The molecular formula is C26H40FN3O4. The average molecular weight is 478 g/mol. The smallest absolute Gasteiger partial charge is 0.251 e. The molecule has 0 radical (unpaired) electrons. The van der Waals surface area contributed by atoms with Crippen LogP contribution in [0.1, 0.15) is 68.8 Å². The van der Waals surface area contributed by atoms with Gasteiger partial charge in [0.2, 0.25) is 0 Å². The standard InChI is InChI=1S/C26H40FN3O4/c1-19-18-23(9-10-24(19)25(32)28-13-7-16-31)33-17-6-8-22-11-14-30(15-12-22)21(3)29-34-20(2)26(4,5)27/h9-10,18,22,31H,2,6-8,11-17H2,1,3-5H3,(H,28,32)/b29-21+. The van der Waals surface area contributed by atoms with Gasteiger partial charge < -0.3 is 24.9 Å². The van der Waals surface area contributed by atoms with Crippen molar-refractivity contribution in [3.63, 3.8) is 0 Å². The fraction of sp³-hybridized carbons (Fsp3) is 0.615. The number of aryl methyl sites for hydroxylation is 1. The SMILES string of the molecule is C=C(O/N=C(\C)N1CCC(CCCOc2ccc(C(=O)NCCCO)c(C)c2)CC1)C(C)(C)F. The predicted octanol–water partition coefficient (Wildman–Crippen LogP) is 4.59. The van der Waals surface area contributed by atoms with E-state index in [9.17, 15) is 9.18 Å². The highest BCUT2D eigenvalue weighted by Crippen LogP contribution is 2.24. The minimum atomic E-state index is -1.62. The number of halogens is 1. The number of nitrogens with one attached hydrogen (secondary N) is 1. The van der Waals surface area contributed by atoms with Crippen LogP contribution in [0.2, 0.25) is 0 Å². The summed E-state index contributed by atoms with van der Waals surface area (Å²) in [5, 5.41) is 15.7. The molecule has 1 amide bonds. The van der Waals surface area contributed by atoms with Gasteiger partial charge >= 0.3 is 0 Å². The number of piperidine rings is 1. The zero-order valence-corrected chi connectivity index (χ0v) is 21.0. The number of likely N-dealkylation sites (tertiary alicyclic amines) is 1. The van der Waals surface area contributed by atoms with Crippen LogP contribution in [0, 0.1) is 12.8 Å². The molecule has 0 spiro atoms. The lowest BCUT2D eigenvalue weighted by Gasteiger charge is -2.33. The summed E-state index contributed by atoms with van der Waals surface area (Å²) in [5.74, 6) is 2.02. The van der Waals surface area contributed by atoms with Crippen molar-refractivity contribution in [1.82, 2.24) is 10.2 Å². The van der Waals surface area contributed by atoms with Gasteiger partial charge in [0.05, 0.1) is 6.61 Å².